The monoisotopic (exact) mass is 535 g/mol. The number of hydrogen-bond acceptors (Lipinski definition) is 8. The number of anilines is 1. The van der Waals surface area contributed by atoms with E-state index in [2.05, 4.69) is 58.0 Å². The average Bonchev–Trinajstić information content (AvgIpc) is 3.55. The third-order valence-electron chi connectivity index (χ3n) is 7.23. The predicted octanol–water partition coefficient (Wildman–Crippen LogP) is 3.87. The molecular formula is C27H30ClN7O3. The molecule has 198 valence electrons. The van der Waals surface area contributed by atoms with Gasteiger partial charge in [0.15, 0.2) is 17.3 Å². The van der Waals surface area contributed by atoms with Crippen molar-refractivity contribution in [2.24, 2.45) is 0 Å². The maximum Gasteiger partial charge on any atom is 0.253 e. The van der Waals surface area contributed by atoms with Gasteiger partial charge in [-0.05, 0) is 68.0 Å². The van der Waals surface area contributed by atoms with Gasteiger partial charge in [-0.25, -0.2) is 4.68 Å². The van der Waals surface area contributed by atoms with Crippen LogP contribution in [0.15, 0.2) is 41.2 Å². The van der Waals surface area contributed by atoms with E-state index in [1.807, 2.05) is 41.1 Å². The molecule has 10 nitrogen and oxygen atoms in total. The third kappa shape index (κ3) is 4.37. The summed E-state index contributed by atoms with van der Waals surface area (Å²) >= 11 is 6.31. The van der Waals surface area contributed by atoms with Crippen molar-refractivity contribution in [2.45, 2.75) is 39.3 Å². The summed E-state index contributed by atoms with van der Waals surface area (Å²) in [5.41, 5.74) is 3.04. The molecule has 4 aromatic rings. The zero-order valence-corrected chi connectivity index (χ0v) is 22.6. The number of nitrogens with zero attached hydrogens (tertiary/aromatic N) is 6. The Kier molecular flexibility index (Phi) is 6.03. The van der Waals surface area contributed by atoms with Crippen molar-refractivity contribution < 1.29 is 9.47 Å². The summed E-state index contributed by atoms with van der Waals surface area (Å²) < 4.78 is 12.9. The Labute approximate surface area is 225 Å². The molecule has 11 heteroatoms. The second-order valence-corrected chi connectivity index (χ2v) is 11.3. The first kappa shape index (κ1) is 24.7. The zero-order chi connectivity index (χ0) is 26.6. The molecule has 0 amide bonds. The van der Waals surface area contributed by atoms with Crippen LogP contribution in [0.5, 0.6) is 11.5 Å². The lowest BCUT2D eigenvalue weighted by atomic mass is 10.0. The Morgan fingerprint density at radius 1 is 1.03 bits per heavy atom. The van der Waals surface area contributed by atoms with E-state index in [4.69, 9.17) is 21.1 Å². The maximum absolute atomic E-state index is 13.6. The number of nitrogens with one attached hydrogen (secondary N) is 1. The number of benzene rings is 2. The number of H-pyrrole nitrogens is 1. The van der Waals surface area contributed by atoms with Gasteiger partial charge in [0.1, 0.15) is 6.04 Å². The van der Waals surface area contributed by atoms with Gasteiger partial charge >= 0.3 is 0 Å². The fraction of sp³-hybridized carbons (Fsp3) is 0.407. The van der Waals surface area contributed by atoms with Gasteiger partial charge in [-0.15, -0.1) is 5.10 Å². The van der Waals surface area contributed by atoms with Crippen molar-refractivity contribution in [3.8, 4) is 11.5 Å². The molecule has 1 fully saturated rings. The highest BCUT2D eigenvalue weighted by atomic mass is 35.5. The molecule has 1 unspecified atom stereocenters. The second-order valence-electron chi connectivity index (χ2n) is 10.8. The molecule has 4 heterocycles. The molecule has 0 aliphatic carbocycles. The number of piperazine rings is 1. The van der Waals surface area contributed by atoms with Gasteiger partial charge in [-0.1, -0.05) is 17.7 Å². The van der Waals surface area contributed by atoms with Gasteiger partial charge in [0.05, 0.1) is 11.1 Å². The number of hydrogen-bond donors (Lipinski definition) is 1. The molecule has 1 N–H and O–H groups in total. The highest BCUT2D eigenvalue weighted by Gasteiger charge is 2.35. The molecule has 0 spiro atoms. The van der Waals surface area contributed by atoms with Crippen LogP contribution < -0.4 is 19.9 Å². The van der Waals surface area contributed by atoms with Crippen molar-refractivity contribution in [2.75, 3.05) is 37.9 Å². The van der Waals surface area contributed by atoms with Crippen LogP contribution in [-0.4, -0.2) is 63.1 Å². The molecule has 0 bridgehead atoms. The van der Waals surface area contributed by atoms with Crippen LogP contribution >= 0.6 is 11.6 Å². The molecular weight excluding hydrogens is 506 g/mol. The van der Waals surface area contributed by atoms with E-state index in [9.17, 15) is 4.79 Å². The summed E-state index contributed by atoms with van der Waals surface area (Å²) in [5.74, 6) is 1.93. The van der Waals surface area contributed by atoms with Gasteiger partial charge in [0.25, 0.3) is 5.56 Å². The van der Waals surface area contributed by atoms with Crippen LogP contribution in [0.3, 0.4) is 0 Å². The molecule has 2 aromatic carbocycles. The van der Waals surface area contributed by atoms with Crippen molar-refractivity contribution in [3.05, 3.63) is 68.7 Å². The smallest absolute Gasteiger partial charge is 0.253 e. The standard InChI is InChI=1S/C27H30ClN7O3/c1-16-5-6-18(28)13-21(16)33-7-9-34(10-8-33)24(25-30-31-32-35(25)27(2,3)4)19-11-17-12-22-23(38-15-37-22)14-20(17)29-26(19)36/h5-6,11-14,24H,7-10,15H2,1-4H3,(H,29,36). The van der Waals surface area contributed by atoms with Crippen LogP contribution in [0.1, 0.15) is 43.8 Å². The number of ether oxygens (including phenoxy) is 2. The first-order valence-electron chi connectivity index (χ1n) is 12.7. The topological polar surface area (TPSA) is 101 Å². The molecule has 6 rings (SSSR count). The molecule has 38 heavy (non-hydrogen) atoms. The number of aryl methyl sites for hydroxylation is 1. The average molecular weight is 536 g/mol. The summed E-state index contributed by atoms with van der Waals surface area (Å²) in [6.45, 7) is 11.4. The molecule has 2 aromatic heterocycles. The first-order chi connectivity index (χ1) is 18.2. The van der Waals surface area contributed by atoms with Crippen molar-refractivity contribution >= 4 is 28.2 Å². The van der Waals surface area contributed by atoms with E-state index >= 15 is 0 Å². The largest absolute Gasteiger partial charge is 0.454 e. The number of rotatable bonds is 4. The maximum atomic E-state index is 13.6. The van der Waals surface area contributed by atoms with E-state index in [1.54, 1.807) is 0 Å². The quantitative estimate of drug-likeness (QED) is 0.420. The Balaban J connectivity index is 1.41. The first-order valence-corrected chi connectivity index (χ1v) is 13.1. The number of aromatic amines is 1. The lowest BCUT2D eigenvalue weighted by Crippen LogP contribution is -2.49. The van der Waals surface area contributed by atoms with Crippen LogP contribution in [0.2, 0.25) is 5.02 Å². The van der Waals surface area contributed by atoms with E-state index in [0.717, 1.165) is 29.2 Å². The zero-order valence-electron chi connectivity index (χ0n) is 21.9. The molecule has 0 saturated carbocycles. The normalized spacial score (nSPS) is 16.8. The number of fused-ring (bicyclic) bond motifs is 2. The molecule has 1 atom stereocenters. The summed E-state index contributed by atoms with van der Waals surface area (Å²) in [5, 5.41) is 14.3. The van der Waals surface area contributed by atoms with E-state index in [1.165, 1.54) is 5.56 Å². The van der Waals surface area contributed by atoms with E-state index in [0.29, 0.717) is 41.5 Å². The van der Waals surface area contributed by atoms with E-state index in [-0.39, 0.29) is 17.9 Å². The lowest BCUT2D eigenvalue weighted by molar-refractivity contribution is 0.174. The van der Waals surface area contributed by atoms with Crippen LogP contribution in [0.25, 0.3) is 10.9 Å². The summed E-state index contributed by atoms with van der Waals surface area (Å²) in [4.78, 5) is 21.3. The number of pyridine rings is 1. The highest BCUT2D eigenvalue weighted by molar-refractivity contribution is 6.30. The Bertz CT molecular complexity index is 1570. The number of tetrazole rings is 1. The predicted molar refractivity (Wildman–Crippen MR) is 145 cm³/mol. The summed E-state index contributed by atoms with van der Waals surface area (Å²) in [6.07, 6.45) is 0. The minimum Gasteiger partial charge on any atom is -0.454 e. The fourth-order valence-corrected chi connectivity index (χ4v) is 5.47. The van der Waals surface area contributed by atoms with Crippen molar-refractivity contribution in [1.82, 2.24) is 30.1 Å². The molecule has 2 aliphatic rings. The molecule has 0 radical (unpaired) electrons. The van der Waals surface area contributed by atoms with Crippen LogP contribution in [-0.2, 0) is 5.54 Å². The Morgan fingerprint density at radius 2 is 1.76 bits per heavy atom. The lowest BCUT2D eigenvalue weighted by Gasteiger charge is -2.40. The van der Waals surface area contributed by atoms with E-state index < -0.39 is 6.04 Å². The molecule has 1 saturated heterocycles. The third-order valence-corrected chi connectivity index (χ3v) is 7.46. The fourth-order valence-electron chi connectivity index (χ4n) is 5.30. The molecule has 2 aliphatic heterocycles. The van der Waals surface area contributed by atoms with Gasteiger partial charge in [0.2, 0.25) is 6.79 Å². The van der Waals surface area contributed by atoms with Gasteiger partial charge in [-0.3, -0.25) is 9.69 Å². The number of aromatic nitrogens is 5. The number of halogens is 1. The Hall–Kier alpha value is -3.63. The van der Waals surface area contributed by atoms with Crippen LogP contribution in [0.4, 0.5) is 5.69 Å². The van der Waals surface area contributed by atoms with Gasteiger partial charge in [-0.2, -0.15) is 0 Å². The van der Waals surface area contributed by atoms with Crippen LogP contribution in [0, 0.1) is 6.92 Å². The Morgan fingerprint density at radius 3 is 2.50 bits per heavy atom. The minimum atomic E-state index is -0.439. The minimum absolute atomic E-state index is 0.169. The van der Waals surface area contributed by atoms with Crippen molar-refractivity contribution in [1.29, 1.82) is 0 Å². The SMILES string of the molecule is Cc1ccc(Cl)cc1N1CCN(C(c2cc3cc4c(cc3[nH]c2=O)OCO4)c2nnnn2C(C)(C)C)CC1. The van der Waals surface area contributed by atoms with Crippen molar-refractivity contribution in [3.63, 3.8) is 0 Å². The summed E-state index contributed by atoms with van der Waals surface area (Å²) in [7, 11) is 0. The highest BCUT2D eigenvalue weighted by Crippen LogP contribution is 2.37. The van der Waals surface area contributed by atoms with Gasteiger partial charge < -0.3 is 19.4 Å². The van der Waals surface area contributed by atoms with Gasteiger partial charge in [0, 0.05) is 53.9 Å². The second kappa shape index (κ2) is 9.28. The summed E-state index contributed by atoms with van der Waals surface area (Å²) in [6, 6.07) is 11.2.